The van der Waals surface area contributed by atoms with Crippen LogP contribution in [0, 0.1) is 0 Å². The molecule has 0 fully saturated rings. The molecule has 0 saturated carbocycles. The summed E-state index contributed by atoms with van der Waals surface area (Å²) in [6, 6.07) is 3.68. The smallest absolute Gasteiger partial charge is 0.160 e. The lowest BCUT2D eigenvalue weighted by Crippen LogP contribution is -2.30. The van der Waals surface area contributed by atoms with Crippen molar-refractivity contribution in [2.75, 3.05) is 0 Å². The molecule has 0 aliphatic carbocycles. The van der Waals surface area contributed by atoms with Gasteiger partial charge in [0.1, 0.15) is 11.4 Å². The number of thiophene rings is 2. The van der Waals surface area contributed by atoms with Crippen LogP contribution in [0.25, 0.3) is 9.75 Å². The molecule has 0 radical (unpaired) electrons. The Balaban J connectivity index is 2.27. The zero-order chi connectivity index (χ0) is 13.6. The van der Waals surface area contributed by atoms with E-state index in [0.717, 1.165) is 40.1 Å². The first kappa shape index (κ1) is 12.6. The van der Waals surface area contributed by atoms with Crippen LogP contribution in [0.15, 0.2) is 12.1 Å². The SMILES string of the molecule is CCC1(C)Oc2cc(C=O)sc2-c2sc(C=O)cc21. The maximum Gasteiger partial charge on any atom is 0.160 e. The summed E-state index contributed by atoms with van der Waals surface area (Å²) in [6.07, 6.45) is 2.51. The van der Waals surface area contributed by atoms with Gasteiger partial charge < -0.3 is 4.74 Å². The van der Waals surface area contributed by atoms with Crippen LogP contribution < -0.4 is 4.74 Å². The van der Waals surface area contributed by atoms with Crippen molar-refractivity contribution in [1.82, 2.24) is 0 Å². The highest BCUT2D eigenvalue weighted by Crippen LogP contribution is 2.53. The molecule has 1 aliphatic rings. The molecule has 3 nitrogen and oxygen atoms in total. The van der Waals surface area contributed by atoms with Gasteiger partial charge in [0, 0.05) is 11.6 Å². The normalized spacial score (nSPS) is 20.3. The number of carbonyl (C=O) groups excluding carboxylic acids is 2. The van der Waals surface area contributed by atoms with Crippen molar-refractivity contribution in [2.45, 2.75) is 25.9 Å². The van der Waals surface area contributed by atoms with Crippen LogP contribution in [0.2, 0.25) is 0 Å². The number of hydrogen-bond acceptors (Lipinski definition) is 5. The molecule has 5 heteroatoms. The van der Waals surface area contributed by atoms with E-state index in [1.165, 1.54) is 22.7 Å². The molecule has 3 rings (SSSR count). The molecule has 0 aromatic carbocycles. The average Bonchev–Trinajstić information content (AvgIpc) is 3.01. The Morgan fingerprint density at radius 1 is 1.16 bits per heavy atom. The molecular weight excluding hydrogens is 280 g/mol. The second-order valence-corrected chi connectivity index (χ2v) is 6.82. The molecule has 98 valence electrons. The minimum atomic E-state index is -0.429. The van der Waals surface area contributed by atoms with Crippen molar-refractivity contribution >= 4 is 35.2 Å². The van der Waals surface area contributed by atoms with E-state index in [9.17, 15) is 9.59 Å². The largest absolute Gasteiger partial charge is 0.481 e. The molecule has 0 N–H and O–H groups in total. The van der Waals surface area contributed by atoms with E-state index in [-0.39, 0.29) is 0 Å². The Kier molecular flexibility index (Phi) is 2.83. The van der Waals surface area contributed by atoms with Crippen molar-refractivity contribution < 1.29 is 14.3 Å². The first-order chi connectivity index (χ1) is 9.11. The van der Waals surface area contributed by atoms with Gasteiger partial charge in [0.15, 0.2) is 12.6 Å². The molecule has 0 amide bonds. The van der Waals surface area contributed by atoms with Crippen LogP contribution in [0.3, 0.4) is 0 Å². The molecule has 0 saturated heterocycles. The topological polar surface area (TPSA) is 43.4 Å². The van der Waals surface area contributed by atoms with Gasteiger partial charge in [0.2, 0.25) is 0 Å². The van der Waals surface area contributed by atoms with Gasteiger partial charge in [-0.2, -0.15) is 0 Å². The fraction of sp³-hybridized carbons (Fsp3) is 0.286. The summed E-state index contributed by atoms with van der Waals surface area (Å²) in [6.45, 7) is 4.08. The highest BCUT2D eigenvalue weighted by molar-refractivity contribution is 7.24. The Morgan fingerprint density at radius 2 is 1.79 bits per heavy atom. The van der Waals surface area contributed by atoms with Crippen molar-refractivity contribution in [2.24, 2.45) is 0 Å². The Bertz CT molecular complexity index is 668. The van der Waals surface area contributed by atoms with Crippen molar-refractivity contribution in [3.05, 3.63) is 27.5 Å². The quantitative estimate of drug-likeness (QED) is 0.799. The number of carbonyl (C=O) groups is 2. The molecule has 0 spiro atoms. The molecule has 2 aromatic heterocycles. The van der Waals surface area contributed by atoms with Gasteiger partial charge >= 0.3 is 0 Å². The third-order valence-corrected chi connectivity index (χ3v) is 5.75. The van der Waals surface area contributed by atoms with Crippen molar-refractivity contribution in [1.29, 1.82) is 0 Å². The summed E-state index contributed by atoms with van der Waals surface area (Å²) in [5.41, 5.74) is 0.621. The summed E-state index contributed by atoms with van der Waals surface area (Å²) < 4.78 is 6.08. The number of rotatable bonds is 3. The Hall–Kier alpha value is -1.46. The first-order valence-electron chi connectivity index (χ1n) is 5.99. The zero-order valence-electron chi connectivity index (χ0n) is 10.6. The van der Waals surface area contributed by atoms with Crippen LogP contribution in [0.1, 0.15) is 45.2 Å². The van der Waals surface area contributed by atoms with E-state index in [1.807, 2.05) is 13.0 Å². The summed E-state index contributed by atoms with van der Waals surface area (Å²) >= 11 is 2.88. The van der Waals surface area contributed by atoms with Gasteiger partial charge in [-0.1, -0.05) is 6.92 Å². The van der Waals surface area contributed by atoms with Crippen LogP contribution >= 0.6 is 22.7 Å². The van der Waals surface area contributed by atoms with Gasteiger partial charge in [-0.05, 0) is 19.4 Å². The lowest BCUT2D eigenvalue weighted by Gasteiger charge is -2.33. The summed E-state index contributed by atoms with van der Waals surface area (Å²) in [5.74, 6) is 0.753. The maximum atomic E-state index is 11.0. The molecular formula is C14H12O3S2. The zero-order valence-corrected chi connectivity index (χ0v) is 12.2. The van der Waals surface area contributed by atoms with Crippen LogP contribution in [0.5, 0.6) is 5.75 Å². The summed E-state index contributed by atoms with van der Waals surface area (Å²) in [4.78, 5) is 25.3. The minimum Gasteiger partial charge on any atom is -0.481 e. The standard InChI is InChI=1S/C14H12O3S2/c1-3-14(2)10-4-8(6-15)18-12(10)13-11(17-14)5-9(7-16)19-13/h4-7H,3H2,1-2H3. The van der Waals surface area contributed by atoms with Crippen LogP contribution in [-0.4, -0.2) is 12.6 Å². The fourth-order valence-corrected chi connectivity index (χ4v) is 4.42. The lowest BCUT2D eigenvalue weighted by molar-refractivity contribution is 0.0809. The third-order valence-electron chi connectivity index (χ3n) is 3.49. The predicted molar refractivity (Wildman–Crippen MR) is 76.7 cm³/mol. The predicted octanol–water partition coefficient (Wildman–Crippen LogP) is 4.12. The van der Waals surface area contributed by atoms with Gasteiger partial charge in [-0.3, -0.25) is 9.59 Å². The molecule has 1 unspecified atom stereocenters. The average molecular weight is 292 g/mol. The molecule has 2 aromatic rings. The lowest BCUT2D eigenvalue weighted by atomic mass is 9.90. The van der Waals surface area contributed by atoms with Crippen LogP contribution in [-0.2, 0) is 5.60 Å². The molecule has 0 bridgehead atoms. The molecule has 3 heterocycles. The van der Waals surface area contributed by atoms with E-state index in [2.05, 4.69) is 6.92 Å². The monoisotopic (exact) mass is 292 g/mol. The maximum absolute atomic E-state index is 11.0. The van der Waals surface area contributed by atoms with E-state index in [1.54, 1.807) is 6.07 Å². The number of ether oxygens (including phenoxy) is 1. The third kappa shape index (κ3) is 1.76. The fourth-order valence-electron chi connectivity index (χ4n) is 2.27. The van der Waals surface area contributed by atoms with Gasteiger partial charge in [0.25, 0.3) is 0 Å². The molecule has 1 aliphatic heterocycles. The highest BCUT2D eigenvalue weighted by atomic mass is 32.1. The van der Waals surface area contributed by atoms with Crippen molar-refractivity contribution in [3.8, 4) is 15.5 Å². The highest BCUT2D eigenvalue weighted by Gasteiger charge is 2.38. The van der Waals surface area contributed by atoms with Gasteiger partial charge in [-0.25, -0.2) is 0 Å². The molecule has 1 atom stereocenters. The molecule has 19 heavy (non-hydrogen) atoms. The minimum absolute atomic E-state index is 0.429. The van der Waals surface area contributed by atoms with E-state index in [4.69, 9.17) is 4.74 Å². The Labute approximate surface area is 118 Å². The summed E-state index contributed by atoms with van der Waals surface area (Å²) in [7, 11) is 0. The number of aldehydes is 2. The van der Waals surface area contributed by atoms with Gasteiger partial charge in [-0.15, -0.1) is 22.7 Å². The van der Waals surface area contributed by atoms with E-state index >= 15 is 0 Å². The van der Waals surface area contributed by atoms with Gasteiger partial charge in [0.05, 0.1) is 19.5 Å². The van der Waals surface area contributed by atoms with Crippen LogP contribution in [0.4, 0.5) is 0 Å². The number of hydrogen-bond donors (Lipinski definition) is 0. The van der Waals surface area contributed by atoms with E-state index in [0.29, 0.717) is 9.75 Å². The second kappa shape index (κ2) is 4.28. The second-order valence-electron chi connectivity index (χ2n) is 4.66. The van der Waals surface area contributed by atoms with Crippen molar-refractivity contribution in [3.63, 3.8) is 0 Å². The summed E-state index contributed by atoms with van der Waals surface area (Å²) in [5, 5.41) is 0. The van der Waals surface area contributed by atoms with E-state index < -0.39 is 5.60 Å². The Morgan fingerprint density at radius 3 is 2.42 bits per heavy atom. The number of fused-ring (bicyclic) bond motifs is 3. The first-order valence-corrected chi connectivity index (χ1v) is 7.62.